The number of unbranched alkanes of at least 4 members (excludes halogenated alkanes) is 6. The van der Waals surface area contributed by atoms with Gasteiger partial charge in [0.05, 0.1) is 0 Å². The van der Waals surface area contributed by atoms with E-state index in [-0.39, 0.29) is 5.41 Å². The van der Waals surface area contributed by atoms with Crippen molar-refractivity contribution in [1.29, 1.82) is 0 Å². The van der Waals surface area contributed by atoms with Gasteiger partial charge < -0.3 is 0 Å². The van der Waals surface area contributed by atoms with Crippen molar-refractivity contribution in [2.45, 2.75) is 157 Å². The van der Waals surface area contributed by atoms with Crippen LogP contribution in [0.1, 0.15) is 157 Å². The second kappa shape index (κ2) is 16.8. The summed E-state index contributed by atoms with van der Waals surface area (Å²) in [5.41, 5.74) is 0.633. The maximum absolute atomic E-state index is 5.14. The summed E-state index contributed by atoms with van der Waals surface area (Å²) >= 11 is 0. The Morgan fingerprint density at radius 1 is 0.500 bits per heavy atom. The van der Waals surface area contributed by atoms with Gasteiger partial charge in [-0.2, -0.15) is 0 Å². The third-order valence-corrected chi connectivity index (χ3v) is 7.29. The fourth-order valence-corrected chi connectivity index (χ4v) is 5.36. The normalized spacial score (nSPS) is 12.9. The molecule has 0 rings (SSSR count). The summed E-state index contributed by atoms with van der Waals surface area (Å²) in [4.78, 5) is 0. The predicted molar refractivity (Wildman–Crippen MR) is 131 cm³/mol. The van der Waals surface area contributed by atoms with E-state index in [1.54, 1.807) is 0 Å². The fourth-order valence-electron chi connectivity index (χ4n) is 5.36. The van der Waals surface area contributed by atoms with Gasteiger partial charge in [-0.3, -0.25) is 0 Å². The first-order valence-electron chi connectivity index (χ1n) is 13.2. The standard InChI is InChI=1S/C28H56/c1-8-14-20-26(21-15-9-2)28(24-18-12-5,25-19-13-6)27(7,22-16-10-3)23-17-11-4/h7-25H2,1-6H3. The van der Waals surface area contributed by atoms with Crippen LogP contribution in [0.15, 0.2) is 0 Å². The predicted octanol–water partition coefficient (Wildman–Crippen LogP) is 10.5. The van der Waals surface area contributed by atoms with Gasteiger partial charge in [0, 0.05) is 0 Å². The first kappa shape index (κ1) is 28.0. The molecule has 0 heteroatoms. The molecule has 0 aromatic carbocycles. The molecule has 0 bridgehead atoms. The van der Waals surface area contributed by atoms with Crippen molar-refractivity contribution in [3.63, 3.8) is 0 Å². The minimum absolute atomic E-state index is 0.250. The van der Waals surface area contributed by atoms with Gasteiger partial charge in [0.2, 0.25) is 0 Å². The van der Waals surface area contributed by atoms with E-state index in [0.717, 1.165) is 0 Å². The Labute approximate surface area is 181 Å². The SMILES string of the molecule is [CH2]C(CCCC)(CCCC)C(CCCC)(CCCC)[C](CCCC)CCCC. The van der Waals surface area contributed by atoms with Crippen LogP contribution in [0.5, 0.6) is 0 Å². The summed E-state index contributed by atoms with van der Waals surface area (Å²) in [6, 6.07) is 0. The second-order valence-corrected chi connectivity index (χ2v) is 9.59. The molecule has 2 radical (unpaired) electrons. The topological polar surface area (TPSA) is 0 Å². The van der Waals surface area contributed by atoms with E-state index in [1.807, 2.05) is 5.92 Å². The molecule has 0 nitrogen and oxygen atoms in total. The van der Waals surface area contributed by atoms with Crippen LogP contribution >= 0.6 is 0 Å². The Hall–Kier alpha value is 0. The van der Waals surface area contributed by atoms with Crippen LogP contribution in [-0.4, -0.2) is 0 Å². The van der Waals surface area contributed by atoms with Crippen LogP contribution < -0.4 is 0 Å². The highest BCUT2D eigenvalue weighted by atomic mass is 14.5. The molecule has 28 heavy (non-hydrogen) atoms. The van der Waals surface area contributed by atoms with Gasteiger partial charge in [0.1, 0.15) is 0 Å². The molecule has 0 heterocycles. The second-order valence-electron chi connectivity index (χ2n) is 9.59. The average Bonchev–Trinajstić information content (AvgIpc) is 2.71. The molecular weight excluding hydrogens is 336 g/mol. The lowest BCUT2D eigenvalue weighted by Crippen LogP contribution is -2.45. The van der Waals surface area contributed by atoms with Gasteiger partial charge in [-0.25, -0.2) is 0 Å². The van der Waals surface area contributed by atoms with Crippen LogP contribution in [0, 0.1) is 23.7 Å². The maximum Gasteiger partial charge on any atom is -0.0174 e. The highest BCUT2D eigenvalue weighted by Gasteiger charge is 2.50. The van der Waals surface area contributed by atoms with Gasteiger partial charge in [-0.15, -0.1) is 0 Å². The van der Waals surface area contributed by atoms with Crippen LogP contribution in [0.4, 0.5) is 0 Å². The molecule has 0 aliphatic rings. The molecule has 0 aliphatic carbocycles. The van der Waals surface area contributed by atoms with Gasteiger partial charge in [-0.1, -0.05) is 119 Å². The molecule has 0 atom stereocenters. The van der Waals surface area contributed by atoms with Crippen molar-refractivity contribution < 1.29 is 0 Å². The van der Waals surface area contributed by atoms with Crippen LogP contribution in [0.3, 0.4) is 0 Å². The quantitative estimate of drug-likeness (QED) is 0.193. The first-order valence-corrected chi connectivity index (χ1v) is 13.2. The van der Waals surface area contributed by atoms with Crippen molar-refractivity contribution in [2.24, 2.45) is 10.8 Å². The zero-order valence-electron chi connectivity index (χ0n) is 20.9. The summed E-state index contributed by atoms with van der Waals surface area (Å²) in [5.74, 6) is 1.93. The smallest absolute Gasteiger partial charge is 0.0174 e. The largest absolute Gasteiger partial charge is 0.0654 e. The van der Waals surface area contributed by atoms with Crippen molar-refractivity contribution in [2.75, 3.05) is 0 Å². The summed E-state index contributed by atoms with van der Waals surface area (Å²) in [7, 11) is 0. The molecule has 168 valence electrons. The highest BCUT2D eigenvalue weighted by molar-refractivity contribution is 5.16. The lowest BCUT2D eigenvalue weighted by molar-refractivity contribution is 0.0327. The zero-order chi connectivity index (χ0) is 21.3. The molecule has 0 unspecified atom stereocenters. The van der Waals surface area contributed by atoms with Crippen molar-refractivity contribution in [3.8, 4) is 0 Å². The van der Waals surface area contributed by atoms with E-state index in [0.29, 0.717) is 5.41 Å². The number of rotatable bonds is 20. The van der Waals surface area contributed by atoms with Crippen molar-refractivity contribution in [1.82, 2.24) is 0 Å². The molecule has 0 saturated carbocycles. The molecule has 0 saturated heterocycles. The van der Waals surface area contributed by atoms with Crippen molar-refractivity contribution in [3.05, 3.63) is 12.8 Å². The van der Waals surface area contributed by atoms with E-state index >= 15 is 0 Å². The van der Waals surface area contributed by atoms with Gasteiger partial charge in [0.15, 0.2) is 0 Å². The Kier molecular flexibility index (Phi) is 16.8. The molecule has 0 aliphatic heterocycles. The van der Waals surface area contributed by atoms with E-state index in [4.69, 9.17) is 6.92 Å². The summed E-state index contributed by atoms with van der Waals surface area (Å²) in [6.45, 7) is 19.3. The monoisotopic (exact) mass is 392 g/mol. The molecule has 0 aromatic rings. The number of hydrogen-bond donors (Lipinski definition) is 0. The van der Waals surface area contributed by atoms with E-state index in [9.17, 15) is 0 Å². The minimum Gasteiger partial charge on any atom is -0.0654 e. The van der Waals surface area contributed by atoms with E-state index in [1.165, 1.54) is 116 Å². The molecule has 0 spiro atoms. The van der Waals surface area contributed by atoms with Gasteiger partial charge >= 0.3 is 0 Å². The average molecular weight is 393 g/mol. The summed E-state index contributed by atoms with van der Waals surface area (Å²) in [6.07, 6.45) is 24.3. The third kappa shape index (κ3) is 8.79. The number of hydrogen-bond acceptors (Lipinski definition) is 0. The Bertz CT molecular complexity index is 305. The van der Waals surface area contributed by atoms with E-state index < -0.39 is 0 Å². The molecular formula is C28H56. The minimum atomic E-state index is 0.250. The van der Waals surface area contributed by atoms with Gasteiger partial charge in [-0.05, 0) is 62.2 Å². The van der Waals surface area contributed by atoms with Crippen LogP contribution in [0.25, 0.3) is 0 Å². The first-order chi connectivity index (χ1) is 13.5. The third-order valence-electron chi connectivity index (χ3n) is 7.29. The Morgan fingerprint density at radius 2 is 0.821 bits per heavy atom. The lowest BCUT2D eigenvalue weighted by atomic mass is 9.49. The lowest BCUT2D eigenvalue weighted by Gasteiger charge is -2.55. The fraction of sp³-hybridized carbons (Fsp3) is 0.929. The zero-order valence-corrected chi connectivity index (χ0v) is 20.9. The Morgan fingerprint density at radius 3 is 1.14 bits per heavy atom. The molecule has 0 fully saturated rings. The van der Waals surface area contributed by atoms with Crippen molar-refractivity contribution >= 4 is 0 Å². The molecule has 0 aromatic heterocycles. The molecule has 0 amide bonds. The highest BCUT2D eigenvalue weighted by Crippen LogP contribution is 2.60. The maximum atomic E-state index is 5.14. The van der Waals surface area contributed by atoms with Gasteiger partial charge in [0.25, 0.3) is 0 Å². The summed E-state index contributed by atoms with van der Waals surface area (Å²) < 4.78 is 0. The van der Waals surface area contributed by atoms with E-state index in [2.05, 4.69) is 41.5 Å². The molecule has 0 N–H and O–H groups in total. The summed E-state index contributed by atoms with van der Waals surface area (Å²) in [5, 5.41) is 0. The Balaban J connectivity index is 6.15. The van der Waals surface area contributed by atoms with Crippen LogP contribution in [0.2, 0.25) is 0 Å². The van der Waals surface area contributed by atoms with Crippen LogP contribution in [-0.2, 0) is 0 Å².